The van der Waals surface area contributed by atoms with Crippen molar-refractivity contribution < 1.29 is 14.3 Å². The lowest BCUT2D eigenvalue weighted by molar-refractivity contribution is -0.114. The zero-order chi connectivity index (χ0) is 20.4. The zero-order valence-electron chi connectivity index (χ0n) is 16.8. The molecule has 0 fully saturated rings. The number of ether oxygens (including phenoxy) is 2. The lowest BCUT2D eigenvalue weighted by Gasteiger charge is -2.14. The van der Waals surface area contributed by atoms with Crippen molar-refractivity contribution in [3.8, 4) is 11.5 Å². The summed E-state index contributed by atoms with van der Waals surface area (Å²) in [7, 11) is 4.97. The van der Waals surface area contributed by atoms with Crippen LogP contribution in [0.4, 0.5) is 5.69 Å². The van der Waals surface area contributed by atoms with E-state index in [4.69, 9.17) is 9.47 Å². The summed E-state index contributed by atoms with van der Waals surface area (Å²) in [5, 5.41) is 9.35. The molecule has 0 unspecified atom stereocenters. The van der Waals surface area contributed by atoms with Crippen molar-refractivity contribution in [3.05, 3.63) is 53.6 Å². The Hall–Kier alpha value is -3.22. The van der Waals surface area contributed by atoms with Crippen LogP contribution in [-0.4, -0.2) is 39.7 Å². The van der Waals surface area contributed by atoms with Crippen LogP contribution in [0.3, 0.4) is 0 Å². The van der Waals surface area contributed by atoms with E-state index >= 15 is 0 Å². The first-order valence-electron chi connectivity index (χ1n) is 9.07. The Balaban J connectivity index is 1.86. The first-order valence-corrected chi connectivity index (χ1v) is 9.07. The van der Waals surface area contributed by atoms with Gasteiger partial charge in [-0.3, -0.25) is 9.79 Å². The number of amides is 1. The van der Waals surface area contributed by atoms with Crippen LogP contribution in [0.5, 0.6) is 11.5 Å². The molecule has 28 heavy (non-hydrogen) atoms. The summed E-state index contributed by atoms with van der Waals surface area (Å²) in [6.45, 7) is 2.80. The summed E-state index contributed by atoms with van der Waals surface area (Å²) in [6.07, 6.45) is 0.875. The van der Waals surface area contributed by atoms with Crippen molar-refractivity contribution >= 4 is 17.6 Å². The molecule has 0 bridgehead atoms. The van der Waals surface area contributed by atoms with Gasteiger partial charge >= 0.3 is 0 Å². The Bertz CT molecular complexity index is 804. The first kappa shape index (κ1) is 21.1. The van der Waals surface area contributed by atoms with Crippen LogP contribution in [0, 0.1) is 0 Å². The molecule has 0 aliphatic heterocycles. The minimum absolute atomic E-state index is 0.139. The zero-order valence-corrected chi connectivity index (χ0v) is 16.8. The first-order chi connectivity index (χ1) is 13.5. The van der Waals surface area contributed by atoms with Crippen LogP contribution in [0.25, 0.3) is 0 Å². The quantitative estimate of drug-likeness (QED) is 0.481. The van der Waals surface area contributed by atoms with E-state index in [0.29, 0.717) is 23.9 Å². The number of aliphatic imine (C=N–C) groups is 1. The van der Waals surface area contributed by atoms with E-state index in [9.17, 15) is 4.79 Å². The number of hydrogen-bond donors (Lipinski definition) is 3. The highest BCUT2D eigenvalue weighted by molar-refractivity contribution is 5.90. The number of rotatable bonds is 8. The molecule has 0 heterocycles. The summed E-state index contributed by atoms with van der Waals surface area (Å²) in [5.74, 6) is 2.05. The average molecular weight is 384 g/mol. The lowest BCUT2D eigenvalue weighted by atomic mass is 10.1. The second kappa shape index (κ2) is 10.8. The molecule has 0 atom stereocenters. The molecule has 1 amide bonds. The van der Waals surface area contributed by atoms with Gasteiger partial charge in [0.2, 0.25) is 5.91 Å². The van der Waals surface area contributed by atoms with Crippen molar-refractivity contribution in [1.82, 2.24) is 10.6 Å². The molecular formula is C21H28N4O3. The molecule has 3 N–H and O–H groups in total. The van der Waals surface area contributed by atoms with Gasteiger partial charge in [-0.15, -0.1) is 0 Å². The fraction of sp³-hybridized carbons (Fsp3) is 0.333. The molecule has 0 aromatic heterocycles. The smallest absolute Gasteiger partial charge is 0.221 e. The van der Waals surface area contributed by atoms with Crippen molar-refractivity contribution in [2.45, 2.75) is 19.9 Å². The molecule has 7 heteroatoms. The van der Waals surface area contributed by atoms with Crippen molar-refractivity contribution in [1.29, 1.82) is 0 Å². The van der Waals surface area contributed by atoms with Gasteiger partial charge < -0.3 is 25.4 Å². The van der Waals surface area contributed by atoms with Gasteiger partial charge in [-0.2, -0.15) is 0 Å². The topological polar surface area (TPSA) is 84.0 Å². The van der Waals surface area contributed by atoms with E-state index in [1.54, 1.807) is 21.3 Å². The molecule has 2 aromatic carbocycles. The molecule has 0 aliphatic carbocycles. The van der Waals surface area contributed by atoms with Gasteiger partial charge in [0.15, 0.2) is 5.96 Å². The molecule has 0 radical (unpaired) electrons. The maximum absolute atomic E-state index is 11.4. The van der Waals surface area contributed by atoms with Gasteiger partial charge in [-0.05, 0) is 41.8 Å². The monoisotopic (exact) mass is 384 g/mol. The normalized spacial score (nSPS) is 10.9. The molecule has 0 spiro atoms. The van der Waals surface area contributed by atoms with Crippen LogP contribution in [0.2, 0.25) is 0 Å². The number of methoxy groups -OCH3 is 2. The fourth-order valence-corrected chi connectivity index (χ4v) is 2.68. The summed E-state index contributed by atoms with van der Waals surface area (Å²) in [4.78, 5) is 15.6. The van der Waals surface area contributed by atoms with Crippen LogP contribution < -0.4 is 25.4 Å². The number of benzene rings is 2. The Morgan fingerprint density at radius 1 is 1.00 bits per heavy atom. The minimum atomic E-state index is -0.139. The number of guanidine groups is 1. The lowest BCUT2D eigenvalue weighted by Crippen LogP contribution is -2.37. The van der Waals surface area contributed by atoms with E-state index < -0.39 is 0 Å². The summed E-state index contributed by atoms with van der Waals surface area (Å²) in [6, 6.07) is 13.7. The second-order valence-corrected chi connectivity index (χ2v) is 6.17. The Morgan fingerprint density at radius 2 is 1.71 bits per heavy atom. The summed E-state index contributed by atoms with van der Waals surface area (Å²) >= 11 is 0. The van der Waals surface area contributed by atoms with Crippen molar-refractivity contribution in [2.24, 2.45) is 4.99 Å². The second-order valence-electron chi connectivity index (χ2n) is 6.17. The fourth-order valence-electron chi connectivity index (χ4n) is 2.68. The van der Waals surface area contributed by atoms with Gasteiger partial charge in [-0.25, -0.2) is 0 Å². The predicted octanol–water partition coefficient (Wildman–Crippen LogP) is 2.57. The Morgan fingerprint density at radius 3 is 2.32 bits per heavy atom. The van der Waals surface area contributed by atoms with Gasteiger partial charge in [0.25, 0.3) is 0 Å². The summed E-state index contributed by atoms with van der Waals surface area (Å²) < 4.78 is 10.5. The molecule has 7 nitrogen and oxygen atoms in total. The van der Waals surface area contributed by atoms with E-state index in [-0.39, 0.29) is 5.91 Å². The molecule has 0 aliphatic rings. The highest BCUT2D eigenvalue weighted by atomic mass is 16.5. The van der Waals surface area contributed by atoms with Crippen LogP contribution >= 0.6 is 0 Å². The van der Waals surface area contributed by atoms with Crippen LogP contribution in [0.15, 0.2) is 47.5 Å². The SMILES string of the molecule is CN=C(NCCc1ccc(OC)cc1)NCc1ccc(OC)c(NC(C)=O)c1. The van der Waals surface area contributed by atoms with Gasteiger partial charge in [0, 0.05) is 27.1 Å². The Labute approximate surface area is 166 Å². The standard InChI is InChI=1S/C21H28N4O3/c1-15(26)25-19-13-17(7-10-20(19)28-4)14-24-21(22-2)23-12-11-16-5-8-18(27-3)9-6-16/h5-10,13H,11-12,14H2,1-4H3,(H,25,26)(H2,22,23,24). The van der Waals surface area contributed by atoms with Gasteiger partial charge in [0.05, 0.1) is 19.9 Å². The van der Waals surface area contributed by atoms with Crippen molar-refractivity contribution in [2.75, 3.05) is 33.1 Å². The van der Waals surface area contributed by atoms with E-state index in [1.807, 2.05) is 30.3 Å². The molecule has 0 saturated carbocycles. The molecule has 2 rings (SSSR count). The molecular weight excluding hydrogens is 356 g/mol. The predicted molar refractivity (Wildman–Crippen MR) is 112 cm³/mol. The molecule has 150 valence electrons. The third-order valence-corrected chi connectivity index (χ3v) is 4.12. The number of nitrogens with one attached hydrogen (secondary N) is 3. The van der Waals surface area contributed by atoms with Crippen molar-refractivity contribution in [3.63, 3.8) is 0 Å². The average Bonchev–Trinajstić information content (AvgIpc) is 2.70. The highest BCUT2D eigenvalue weighted by Gasteiger charge is 2.07. The summed E-state index contributed by atoms with van der Waals surface area (Å²) in [5.41, 5.74) is 2.87. The maximum Gasteiger partial charge on any atom is 0.221 e. The number of carbonyl (C=O) groups is 1. The third kappa shape index (κ3) is 6.50. The van der Waals surface area contributed by atoms with E-state index in [0.717, 1.165) is 24.3 Å². The maximum atomic E-state index is 11.4. The van der Waals surface area contributed by atoms with Crippen LogP contribution in [-0.2, 0) is 17.8 Å². The third-order valence-electron chi connectivity index (χ3n) is 4.12. The number of hydrogen-bond acceptors (Lipinski definition) is 4. The number of carbonyl (C=O) groups excluding carboxylic acids is 1. The number of nitrogens with zero attached hydrogens (tertiary/aromatic N) is 1. The van der Waals surface area contributed by atoms with E-state index in [2.05, 4.69) is 33.1 Å². The minimum Gasteiger partial charge on any atom is -0.497 e. The van der Waals surface area contributed by atoms with Crippen LogP contribution in [0.1, 0.15) is 18.1 Å². The number of anilines is 1. The Kier molecular flexibility index (Phi) is 8.14. The molecule has 2 aromatic rings. The van der Waals surface area contributed by atoms with E-state index in [1.165, 1.54) is 12.5 Å². The highest BCUT2D eigenvalue weighted by Crippen LogP contribution is 2.25. The van der Waals surface area contributed by atoms with Gasteiger partial charge in [0.1, 0.15) is 11.5 Å². The largest absolute Gasteiger partial charge is 0.497 e. The van der Waals surface area contributed by atoms with Gasteiger partial charge in [-0.1, -0.05) is 18.2 Å². The molecule has 0 saturated heterocycles.